The number of carbonyl (C=O) groups excluding carboxylic acids is 3. The Morgan fingerprint density at radius 2 is 1.82 bits per heavy atom. The molecule has 6 nitrogen and oxygen atoms in total. The zero-order valence-electron chi connectivity index (χ0n) is 13.5. The zero-order valence-corrected chi connectivity index (χ0v) is 13.5. The number of hydrogen-bond donors (Lipinski definition) is 1. The van der Waals surface area contributed by atoms with Crippen LogP contribution < -0.4 is 5.32 Å². The van der Waals surface area contributed by atoms with E-state index in [0.29, 0.717) is 16.8 Å². The first-order chi connectivity index (χ1) is 10.1. The van der Waals surface area contributed by atoms with Gasteiger partial charge in [-0.2, -0.15) is 0 Å². The highest BCUT2D eigenvalue weighted by molar-refractivity contribution is 6.02. The molecule has 22 heavy (non-hydrogen) atoms. The molecule has 120 valence electrons. The maximum atomic E-state index is 11.8. The zero-order chi connectivity index (χ0) is 16.9. The number of benzene rings is 1. The SMILES string of the molecule is COC(=O)c1ccc(NC(=O)CC(=O)OC(C)(C)C)c(C)c1. The summed E-state index contributed by atoms with van der Waals surface area (Å²) in [5.74, 6) is -1.51. The number of aryl methyl sites for hydroxylation is 1. The molecule has 0 unspecified atom stereocenters. The molecule has 0 spiro atoms. The first kappa shape index (κ1) is 17.7. The van der Waals surface area contributed by atoms with Crippen LogP contribution in [-0.4, -0.2) is 30.6 Å². The molecule has 6 heteroatoms. The first-order valence-corrected chi connectivity index (χ1v) is 6.83. The normalized spacial score (nSPS) is 10.8. The maximum absolute atomic E-state index is 11.8. The lowest BCUT2D eigenvalue weighted by molar-refractivity contribution is -0.155. The standard InChI is InChI=1S/C16H21NO5/c1-10-8-11(15(20)21-5)6-7-12(10)17-13(18)9-14(19)22-16(2,3)4/h6-8H,9H2,1-5H3,(H,17,18). The summed E-state index contributed by atoms with van der Waals surface area (Å²) < 4.78 is 9.70. The summed E-state index contributed by atoms with van der Waals surface area (Å²) in [6, 6.07) is 4.74. The number of nitrogens with one attached hydrogen (secondary N) is 1. The molecule has 0 saturated heterocycles. The summed E-state index contributed by atoms with van der Waals surface area (Å²) in [4.78, 5) is 34.8. The average Bonchev–Trinajstić information content (AvgIpc) is 2.37. The van der Waals surface area contributed by atoms with Crippen molar-refractivity contribution in [2.75, 3.05) is 12.4 Å². The highest BCUT2D eigenvalue weighted by Crippen LogP contribution is 2.17. The van der Waals surface area contributed by atoms with Crippen molar-refractivity contribution in [3.05, 3.63) is 29.3 Å². The van der Waals surface area contributed by atoms with Crippen molar-refractivity contribution in [2.24, 2.45) is 0 Å². The van der Waals surface area contributed by atoms with Crippen molar-refractivity contribution in [1.29, 1.82) is 0 Å². The molecule has 1 N–H and O–H groups in total. The highest BCUT2D eigenvalue weighted by atomic mass is 16.6. The molecule has 0 aliphatic heterocycles. The van der Waals surface area contributed by atoms with Gasteiger partial charge in [0.05, 0.1) is 12.7 Å². The number of hydrogen-bond acceptors (Lipinski definition) is 5. The quantitative estimate of drug-likeness (QED) is 0.682. The Labute approximate surface area is 129 Å². The van der Waals surface area contributed by atoms with E-state index < -0.39 is 23.4 Å². The molecule has 0 aromatic heterocycles. The van der Waals surface area contributed by atoms with Crippen molar-refractivity contribution < 1.29 is 23.9 Å². The highest BCUT2D eigenvalue weighted by Gasteiger charge is 2.19. The fourth-order valence-corrected chi connectivity index (χ4v) is 1.75. The summed E-state index contributed by atoms with van der Waals surface area (Å²) in [5.41, 5.74) is 0.988. The Bertz CT molecular complexity index is 587. The number of rotatable bonds is 4. The molecule has 0 heterocycles. The van der Waals surface area contributed by atoms with Gasteiger partial charge in [0, 0.05) is 5.69 Å². The summed E-state index contributed by atoms with van der Waals surface area (Å²) >= 11 is 0. The molecule has 0 atom stereocenters. The van der Waals surface area contributed by atoms with E-state index in [1.54, 1.807) is 45.9 Å². The van der Waals surface area contributed by atoms with E-state index >= 15 is 0 Å². The molecular formula is C16H21NO5. The molecule has 0 saturated carbocycles. The second kappa shape index (κ2) is 7.06. The van der Waals surface area contributed by atoms with Gasteiger partial charge < -0.3 is 14.8 Å². The van der Waals surface area contributed by atoms with Crippen LogP contribution in [0.5, 0.6) is 0 Å². The Morgan fingerprint density at radius 3 is 2.32 bits per heavy atom. The molecule has 1 aromatic carbocycles. The van der Waals surface area contributed by atoms with E-state index in [-0.39, 0.29) is 6.42 Å². The third-order valence-corrected chi connectivity index (χ3v) is 2.65. The monoisotopic (exact) mass is 307 g/mol. The third kappa shape index (κ3) is 5.55. The second-order valence-corrected chi connectivity index (χ2v) is 5.83. The largest absolute Gasteiger partial charge is 0.465 e. The van der Waals surface area contributed by atoms with E-state index in [2.05, 4.69) is 10.1 Å². The van der Waals surface area contributed by atoms with Crippen molar-refractivity contribution >= 4 is 23.5 Å². The smallest absolute Gasteiger partial charge is 0.337 e. The fourth-order valence-electron chi connectivity index (χ4n) is 1.75. The molecular weight excluding hydrogens is 286 g/mol. The summed E-state index contributed by atoms with van der Waals surface area (Å²) in [6.45, 7) is 6.95. The molecule has 1 amide bonds. The van der Waals surface area contributed by atoms with Gasteiger partial charge in [-0.3, -0.25) is 9.59 Å². The Morgan fingerprint density at radius 1 is 1.18 bits per heavy atom. The van der Waals surface area contributed by atoms with Gasteiger partial charge in [0.15, 0.2) is 0 Å². The predicted octanol–water partition coefficient (Wildman–Crippen LogP) is 2.45. The molecule has 0 bridgehead atoms. The minimum Gasteiger partial charge on any atom is -0.465 e. The summed E-state index contributed by atoms with van der Waals surface area (Å²) in [7, 11) is 1.30. The third-order valence-electron chi connectivity index (χ3n) is 2.65. The lowest BCUT2D eigenvalue weighted by Gasteiger charge is -2.19. The average molecular weight is 307 g/mol. The molecule has 1 rings (SSSR count). The van der Waals surface area contributed by atoms with E-state index in [1.807, 2.05) is 0 Å². The molecule has 1 aromatic rings. The topological polar surface area (TPSA) is 81.7 Å². The lowest BCUT2D eigenvalue weighted by atomic mass is 10.1. The maximum Gasteiger partial charge on any atom is 0.337 e. The van der Waals surface area contributed by atoms with Crippen LogP contribution in [0.2, 0.25) is 0 Å². The van der Waals surface area contributed by atoms with Gasteiger partial charge in [0.2, 0.25) is 5.91 Å². The van der Waals surface area contributed by atoms with Crippen LogP contribution in [0.25, 0.3) is 0 Å². The molecule has 0 fully saturated rings. The van der Waals surface area contributed by atoms with Crippen LogP contribution in [-0.2, 0) is 19.1 Å². The van der Waals surface area contributed by atoms with Gasteiger partial charge in [-0.1, -0.05) is 0 Å². The van der Waals surface area contributed by atoms with Crippen molar-refractivity contribution in [1.82, 2.24) is 0 Å². The Hall–Kier alpha value is -2.37. The van der Waals surface area contributed by atoms with Crippen LogP contribution >= 0.6 is 0 Å². The number of carbonyl (C=O) groups is 3. The van der Waals surface area contributed by atoms with E-state index in [1.165, 1.54) is 7.11 Å². The van der Waals surface area contributed by atoms with E-state index in [4.69, 9.17) is 4.74 Å². The minimum atomic E-state index is -0.630. The first-order valence-electron chi connectivity index (χ1n) is 6.83. The van der Waals surface area contributed by atoms with Gasteiger partial charge in [-0.05, 0) is 51.5 Å². The van der Waals surface area contributed by atoms with Crippen LogP contribution in [0.3, 0.4) is 0 Å². The number of anilines is 1. The Balaban J connectivity index is 2.69. The van der Waals surface area contributed by atoms with Crippen LogP contribution in [0.4, 0.5) is 5.69 Å². The van der Waals surface area contributed by atoms with Gasteiger partial charge in [0.25, 0.3) is 0 Å². The Kier molecular flexibility index (Phi) is 5.68. The van der Waals surface area contributed by atoms with E-state index in [9.17, 15) is 14.4 Å². The molecule has 0 aliphatic carbocycles. The predicted molar refractivity (Wildman–Crippen MR) is 81.6 cm³/mol. The molecule has 0 aliphatic rings. The van der Waals surface area contributed by atoms with Crippen LogP contribution in [0, 0.1) is 6.92 Å². The number of amides is 1. The molecule has 0 radical (unpaired) electrons. The van der Waals surface area contributed by atoms with Crippen LogP contribution in [0.15, 0.2) is 18.2 Å². The fraction of sp³-hybridized carbons (Fsp3) is 0.438. The minimum absolute atomic E-state index is 0.366. The van der Waals surface area contributed by atoms with Crippen LogP contribution in [0.1, 0.15) is 43.1 Å². The lowest BCUT2D eigenvalue weighted by Crippen LogP contribution is -2.27. The summed E-state index contributed by atoms with van der Waals surface area (Å²) in [5, 5.41) is 2.62. The van der Waals surface area contributed by atoms with Gasteiger partial charge >= 0.3 is 11.9 Å². The van der Waals surface area contributed by atoms with Gasteiger partial charge in [0.1, 0.15) is 12.0 Å². The number of ether oxygens (including phenoxy) is 2. The number of esters is 2. The van der Waals surface area contributed by atoms with Gasteiger partial charge in [-0.15, -0.1) is 0 Å². The van der Waals surface area contributed by atoms with Crippen molar-refractivity contribution in [2.45, 2.75) is 39.7 Å². The van der Waals surface area contributed by atoms with E-state index in [0.717, 1.165) is 0 Å². The second-order valence-electron chi connectivity index (χ2n) is 5.83. The van der Waals surface area contributed by atoms with Gasteiger partial charge in [-0.25, -0.2) is 4.79 Å². The number of methoxy groups -OCH3 is 1. The van der Waals surface area contributed by atoms with Crippen molar-refractivity contribution in [3.8, 4) is 0 Å². The van der Waals surface area contributed by atoms with Crippen molar-refractivity contribution in [3.63, 3.8) is 0 Å². The summed E-state index contributed by atoms with van der Waals surface area (Å²) in [6.07, 6.45) is -0.366.